The van der Waals surface area contributed by atoms with Crippen LogP contribution in [-0.4, -0.2) is 13.0 Å². The highest BCUT2D eigenvalue weighted by atomic mass is 35.5. The number of nitrogen functional groups attached to an aromatic ring is 1. The zero-order valence-electron chi connectivity index (χ0n) is 7.89. The summed E-state index contributed by atoms with van der Waals surface area (Å²) in [6.45, 7) is -3.31. The molecule has 0 atom stereocenters. The molecule has 0 bridgehead atoms. The molecule has 0 saturated heterocycles. The fourth-order valence-electron chi connectivity index (χ4n) is 0.943. The lowest BCUT2D eigenvalue weighted by atomic mass is 10.3. The number of anilines is 1. The van der Waals surface area contributed by atoms with Gasteiger partial charge in [0.2, 0.25) is 0 Å². The summed E-state index contributed by atoms with van der Waals surface area (Å²) in [7, 11) is 0. The first-order valence-electron chi connectivity index (χ1n) is 3.98. The summed E-state index contributed by atoms with van der Waals surface area (Å²) >= 11 is 5.45. The Balaban J connectivity index is 3.11. The van der Waals surface area contributed by atoms with Crippen molar-refractivity contribution in [3.05, 3.63) is 17.2 Å². The Hall–Kier alpha value is -1.44. The second-order valence-corrected chi connectivity index (χ2v) is 3.15. The van der Waals surface area contributed by atoms with E-state index in [0.29, 0.717) is 12.1 Å². The van der Waals surface area contributed by atoms with E-state index in [9.17, 15) is 22.0 Å². The zero-order valence-corrected chi connectivity index (χ0v) is 8.65. The summed E-state index contributed by atoms with van der Waals surface area (Å²) in [5.41, 5.74) is 4.96. The molecule has 0 aliphatic heterocycles. The van der Waals surface area contributed by atoms with Crippen molar-refractivity contribution in [3.63, 3.8) is 0 Å². The third-order valence-electron chi connectivity index (χ3n) is 1.50. The molecular formula is C8H5ClF5NO2. The molecule has 0 spiro atoms. The Morgan fingerprint density at radius 1 is 1.18 bits per heavy atom. The van der Waals surface area contributed by atoms with Crippen molar-refractivity contribution < 1.29 is 31.4 Å². The molecule has 0 fully saturated rings. The predicted octanol–water partition coefficient (Wildman–Crippen LogP) is 3.42. The number of rotatable bonds is 3. The van der Waals surface area contributed by atoms with Gasteiger partial charge < -0.3 is 15.2 Å². The molecule has 2 N–H and O–H groups in total. The van der Waals surface area contributed by atoms with Gasteiger partial charge in [-0.15, -0.1) is 13.2 Å². The number of ether oxygens (including phenoxy) is 2. The highest BCUT2D eigenvalue weighted by Crippen LogP contribution is 2.38. The number of hydrogen-bond donors (Lipinski definition) is 1. The molecule has 0 aromatic heterocycles. The molecule has 96 valence electrons. The number of nitrogens with two attached hydrogens (primary N) is 1. The summed E-state index contributed by atoms with van der Waals surface area (Å²) < 4.78 is 67.0. The van der Waals surface area contributed by atoms with Gasteiger partial charge in [0.25, 0.3) is 0 Å². The lowest BCUT2D eigenvalue weighted by Gasteiger charge is -2.14. The first kappa shape index (κ1) is 13.6. The molecule has 0 heterocycles. The molecule has 17 heavy (non-hydrogen) atoms. The smallest absolute Gasteiger partial charge is 0.431 e. The van der Waals surface area contributed by atoms with Gasteiger partial charge in [0.1, 0.15) is 0 Å². The molecule has 0 aliphatic rings. The first-order valence-corrected chi connectivity index (χ1v) is 4.36. The van der Waals surface area contributed by atoms with E-state index in [0.717, 1.165) is 0 Å². The standard InChI is InChI=1S/C8H5ClF5NO2/c9-3-1-5(16-7(10)11)6(2-4(3)15)17-8(12,13)14/h1-2,7H,15H2. The largest absolute Gasteiger partial charge is 0.573 e. The van der Waals surface area contributed by atoms with E-state index < -0.39 is 24.5 Å². The highest BCUT2D eigenvalue weighted by Gasteiger charge is 2.33. The SMILES string of the molecule is Nc1cc(OC(F)(F)F)c(OC(F)F)cc1Cl. The van der Waals surface area contributed by atoms with Gasteiger partial charge in [0.05, 0.1) is 10.7 Å². The monoisotopic (exact) mass is 277 g/mol. The van der Waals surface area contributed by atoms with Crippen molar-refractivity contribution in [1.82, 2.24) is 0 Å². The third kappa shape index (κ3) is 4.14. The zero-order chi connectivity index (χ0) is 13.2. The van der Waals surface area contributed by atoms with Crippen LogP contribution in [0, 0.1) is 0 Å². The third-order valence-corrected chi connectivity index (χ3v) is 1.83. The number of halogens is 6. The summed E-state index contributed by atoms with van der Waals surface area (Å²) in [6.07, 6.45) is -5.06. The van der Waals surface area contributed by atoms with E-state index in [1.54, 1.807) is 0 Å². The van der Waals surface area contributed by atoms with Gasteiger partial charge >= 0.3 is 13.0 Å². The molecule has 0 aliphatic carbocycles. The van der Waals surface area contributed by atoms with Gasteiger partial charge in [0, 0.05) is 12.1 Å². The molecule has 3 nitrogen and oxygen atoms in total. The van der Waals surface area contributed by atoms with Gasteiger partial charge in [-0.05, 0) is 0 Å². The molecule has 0 saturated carbocycles. The maximum atomic E-state index is 12.0. The van der Waals surface area contributed by atoms with Crippen molar-refractivity contribution in [2.75, 3.05) is 5.73 Å². The molecule has 0 radical (unpaired) electrons. The van der Waals surface area contributed by atoms with E-state index in [1.165, 1.54) is 0 Å². The molecular weight excluding hydrogens is 273 g/mol. The molecule has 1 rings (SSSR count). The quantitative estimate of drug-likeness (QED) is 0.680. The van der Waals surface area contributed by atoms with E-state index in [4.69, 9.17) is 17.3 Å². The molecule has 1 aromatic carbocycles. The molecule has 0 unspecified atom stereocenters. The number of benzene rings is 1. The average Bonchev–Trinajstić information content (AvgIpc) is 2.10. The molecule has 9 heteroatoms. The maximum Gasteiger partial charge on any atom is 0.573 e. The van der Waals surface area contributed by atoms with Crippen LogP contribution < -0.4 is 15.2 Å². The summed E-state index contributed by atoms with van der Waals surface area (Å²) in [5.74, 6) is -1.84. The Kier molecular flexibility index (Phi) is 3.87. The lowest BCUT2D eigenvalue weighted by Crippen LogP contribution is -2.18. The van der Waals surface area contributed by atoms with Crippen LogP contribution in [-0.2, 0) is 0 Å². The first-order chi connectivity index (χ1) is 7.69. The molecule has 0 amide bonds. The lowest BCUT2D eigenvalue weighted by molar-refractivity contribution is -0.275. The average molecular weight is 278 g/mol. The van der Waals surface area contributed by atoms with Crippen molar-refractivity contribution in [1.29, 1.82) is 0 Å². The number of alkyl halides is 5. The Bertz CT molecular complexity index is 410. The predicted molar refractivity (Wildman–Crippen MR) is 49.2 cm³/mol. The van der Waals surface area contributed by atoms with Gasteiger partial charge in [0.15, 0.2) is 11.5 Å². The van der Waals surface area contributed by atoms with Crippen LogP contribution >= 0.6 is 11.6 Å². The van der Waals surface area contributed by atoms with Gasteiger partial charge in [-0.1, -0.05) is 11.6 Å². The fraction of sp³-hybridized carbons (Fsp3) is 0.250. The van der Waals surface area contributed by atoms with Gasteiger partial charge in [-0.25, -0.2) is 0 Å². The van der Waals surface area contributed by atoms with Crippen molar-refractivity contribution in [3.8, 4) is 11.5 Å². The minimum atomic E-state index is -5.06. The van der Waals surface area contributed by atoms with Crippen LogP contribution in [0.3, 0.4) is 0 Å². The van der Waals surface area contributed by atoms with Crippen LogP contribution in [0.25, 0.3) is 0 Å². The van der Waals surface area contributed by atoms with Crippen LogP contribution in [0.2, 0.25) is 5.02 Å². The van der Waals surface area contributed by atoms with Crippen LogP contribution in [0.15, 0.2) is 12.1 Å². The van der Waals surface area contributed by atoms with Crippen LogP contribution in [0.1, 0.15) is 0 Å². The van der Waals surface area contributed by atoms with E-state index >= 15 is 0 Å². The minimum absolute atomic E-state index is 0.227. The second-order valence-electron chi connectivity index (χ2n) is 2.75. The van der Waals surface area contributed by atoms with Crippen LogP contribution in [0.5, 0.6) is 11.5 Å². The summed E-state index contributed by atoms with van der Waals surface area (Å²) in [5, 5.41) is -0.227. The Labute approximate surface area is 96.9 Å². The van der Waals surface area contributed by atoms with Crippen molar-refractivity contribution in [2.24, 2.45) is 0 Å². The molecule has 1 aromatic rings. The van der Waals surface area contributed by atoms with Crippen molar-refractivity contribution in [2.45, 2.75) is 13.0 Å². The summed E-state index contributed by atoms with van der Waals surface area (Å²) in [4.78, 5) is 0. The van der Waals surface area contributed by atoms with E-state index in [1.807, 2.05) is 0 Å². The second kappa shape index (κ2) is 4.82. The Morgan fingerprint density at radius 3 is 2.24 bits per heavy atom. The fourth-order valence-corrected chi connectivity index (χ4v) is 1.10. The normalized spacial score (nSPS) is 11.7. The van der Waals surface area contributed by atoms with E-state index in [-0.39, 0.29) is 10.7 Å². The highest BCUT2D eigenvalue weighted by molar-refractivity contribution is 6.33. The van der Waals surface area contributed by atoms with E-state index in [2.05, 4.69) is 9.47 Å². The maximum absolute atomic E-state index is 12.0. The van der Waals surface area contributed by atoms with Crippen molar-refractivity contribution >= 4 is 17.3 Å². The number of hydrogen-bond acceptors (Lipinski definition) is 3. The topological polar surface area (TPSA) is 44.5 Å². The Morgan fingerprint density at radius 2 is 1.76 bits per heavy atom. The van der Waals surface area contributed by atoms with Crippen LogP contribution in [0.4, 0.5) is 27.6 Å². The van der Waals surface area contributed by atoms with Gasteiger partial charge in [-0.3, -0.25) is 0 Å². The summed E-state index contributed by atoms with van der Waals surface area (Å²) in [6, 6.07) is 1.36. The van der Waals surface area contributed by atoms with Gasteiger partial charge in [-0.2, -0.15) is 8.78 Å². The minimum Gasteiger partial charge on any atom is -0.431 e.